The first-order valence-corrected chi connectivity index (χ1v) is 19.9. The second kappa shape index (κ2) is 17.8. The zero-order chi connectivity index (χ0) is 38.8. The van der Waals surface area contributed by atoms with E-state index in [2.05, 4.69) is 61.5 Å². The van der Waals surface area contributed by atoms with Gasteiger partial charge < -0.3 is 9.30 Å². The Labute approximate surface area is 326 Å². The Bertz CT molecular complexity index is 2100. The topological polar surface area (TPSA) is 71.8 Å². The Morgan fingerprint density at radius 2 is 1.42 bits per heavy atom. The number of unbranched alkanes of at least 4 members (excludes halogenated alkanes) is 4. The van der Waals surface area contributed by atoms with E-state index in [0.717, 1.165) is 91.3 Å². The fourth-order valence-corrected chi connectivity index (χ4v) is 7.73. The highest BCUT2D eigenvalue weighted by Crippen LogP contribution is 2.44. The summed E-state index contributed by atoms with van der Waals surface area (Å²) in [6.45, 7) is 9.81. The van der Waals surface area contributed by atoms with E-state index in [4.69, 9.17) is 4.74 Å². The molecule has 286 valence electrons. The van der Waals surface area contributed by atoms with Crippen LogP contribution in [0, 0.1) is 5.41 Å². The summed E-state index contributed by atoms with van der Waals surface area (Å²) in [5.41, 5.74) is 4.44. The highest BCUT2D eigenvalue weighted by atomic mass is 16.5. The standard InChI is InChI=1S/C48H55N3O4/c1-5-29-48(30-17-7-6-8-18-32-49-42-27-16-15-23-39(42)34-43(49)44(52)28-31-47(2,3)4)46(54)50(51(48)41-25-13-10-14-26-41)35-38-22-19-24-40(33-38)45(53)55-36-37-20-11-9-12-21-37/h9-16,19-28,31,33-34H,5-8,17-18,29-30,32,35-36H2,1-4H3/b31-28-. The number of aromatic nitrogens is 1. The van der Waals surface area contributed by atoms with Crippen LogP contribution in [0.25, 0.3) is 10.9 Å². The molecule has 0 radical (unpaired) electrons. The van der Waals surface area contributed by atoms with E-state index in [1.807, 2.05) is 96.0 Å². The molecule has 1 saturated heterocycles. The van der Waals surface area contributed by atoms with Gasteiger partial charge in [0, 0.05) is 17.4 Å². The van der Waals surface area contributed by atoms with Crippen LogP contribution >= 0.6 is 0 Å². The first-order valence-electron chi connectivity index (χ1n) is 19.9. The van der Waals surface area contributed by atoms with Gasteiger partial charge in [0.1, 0.15) is 12.1 Å². The zero-order valence-corrected chi connectivity index (χ0v) is 32.9. The van der Waals surface area contributed by atoms with Crippen molar-refractivity contribution in [2.75, 3.05) is 5.01 Å². The maximum absolute atomic E-state index is 14.3. The summed E-state index contributed by atoms with van der Waals surface area (Å²) in [5, 5.41) is 5.15. The summed E-state index contributed by atoms with van der Waals surface area (Å²) in [7, 11) is 0. The number of anilines is 1. The van der Waals surface area contributed by atoms with Crippen molar-refractivity contribution in [3.8, 4) is 0 Å². The van der Waals surface area contributed by atoms with Gasteiger partial charge in [-0.3, -0.25) is 14.6 Å². The lowest BCUT2D eigenvalue weighted by Crippen LogP contribution is -2.77. The van der Waals surface area contributed by atoms with E-state index < -0.39 is 5.54 Å². The van der Waals surface area contributed by atoms with E-state index in [-0.39, 0.29) is 29.7 Å². The van der Waals surface area contributed by atoms with E-state index in [0.29, 0.717) is 12.1 Å². The number of esters is 1. The third-order valence-electron chi connectivity index (χ3n) is 10.4. The molecule has 7 nitrogen and oxygen atoms in total. The molecule has 55 heavy (non-hydrogen) atoms. The van der Waals surface area contributed by atoms with Crippen molar-refractivity contribution >= 4 is 34.3 Å². The predicted molar refractivity (Wildman–Crippen MR) is 222 cm³/mol. The Balaban J connectivity index is 1.07. The molecule has 1 fully saturated rings. The van der Waals surface area contributed by atoms with Crippen molar-refractivity contribution in [2.24, 2.45) is 5.41 Å². The van der Waals surface area contributed by atoms with Gasteiger partial charge in [-0.25, -0.2) is 9.80 Å². The lowest BCUT2D eigenvalue weighted by atomic mass is 9.81. The Kier molecular flexibility index (Phi) is 12.7. The average Bonchev–Trinajstić information content (AvgIpc) is 3.57. The zero-order valence-electron chi connectivity index (χ0n) is 32.9. The van der Waals surface area contributed by atoms with Crippen molar-refractivity contribution in [2.45, 2.75) is 104 Å². The summed E-state index contributed by atoms with van der Waals surface area (Å²) < 4.78 is 7.78. The van der Waals surface area contributed by atoms with Gasteiger partial charge in [-0.1, -0.05) is 145 Å². The lowest BCUT2D eigenvalue weighted by Gasteiger charge is -2.60. The minimum Gasteiger partial charge on any atom is -0.457 e. The number of carbonyl (C=O) groups is 3. The summed E-state index contributed by atoms with van der Waals surface area (Å²) >= 11 is 0. The predicted octanol–water partition coefficient (Wildman–Crippen LogP) is 11.1. The number of allylic oxidation sites excluding steroid dienone is 2. The Hall–Kier alpha value is -5.43. The average molecular weight is 738 g/mol. The smallest absolute Gasteiger partial charge is 0.338 e. The van der Waals surface area contributed by atoms with Gasteiger partial charge in [-0.15, -0.1) is 0 Å². The molecule has 1 aliphatic rings. The molecule has 1 unspecified atom stereocenters. The fraction of sp³-hybridized carbons (Fsp3) is 0.354. The summed E-state index contributed by atoms with van der Waals surface area (Å²) in [4.78, 5) is 40.5. The number of ketones is 1. The minimum atomic E-state index is -0.609. The molecule has 0 saturated carbocycles. The quantitative estimate of drug-likeness (QED) is 0.0387. The minimum absolute atomic E-state index is 0.0450. The first-order chi connectivity index (χ1) is 26.6. The van der Waals surface area contributed by atoms with Crippen LogP contribution in [-0.2, 0) is 29.2 Å². The van der Waals surface area contributed by atoms with E-state index in [1.165, 1.54) is 0 Å². The molecule has 6 rings (SSSR count). The van der Waals surface area contributed by atoms with E-state index >= 15 is 0 Å². The van der Waals surface area contributed by atoms with Gasteiger partial charge in [0.15, 0.2) is 0 Å². The lowest BCUT2D eigenvalue weighted by molar-refractivity contribution is -0.156. The van der Waals surface area contributed by atoms with Crippen LogP contribution < -0.4 is 5.01 Å². The monoisotopic (exact) mass is 737 g/mol. The number of amides is 1. The Morgan fingerprint density at radius 1 is 0.745 bits per heavy atom. The van der Waals surface area contributed by atoms with Crippen molar-refractivity contribution in [3.05, 3.63) is 150 Å². The number of fused-ring (bicyclic) bond motifs is 1. The van der Waals surface area contributed by atoms with Crippen LogP contribution in [0.4, 0.5) is 5.69 Å². The third-order valence-corrected chi connectivity index (χ3v) is 10.4. The van der Waals surface area contributed by atoms with Crippen LogP contribution in [0.1, 0.15) is 111 Å². The van der Waals surface area contributed by atoms with E-state index in [1.54, 1.807) is 12.1 Å². The highest BCUT2D eigenvalue weighted by Gasteiger charge is 2.58. The molecule has 4 aromatic carbocycles. The number of carbonyl (C=O) groups excluding carboxylic acids is 3. The molecular weight excluding hydrogens is 683 g/mol. The third kappa shape index (κ3) is 9.45. The first kappa shape index (κ1) is 39.3. The molecule has 1 aliphatic heterocycles. The Morgan fingerprint density at radius 3 is 2.16 bits per heavy atom. The molecule has 1 aromatic heterocycles. The number of hydrazine groups is 1. The normalized spacial score (nSPS) is 15.8. The number of rotatable bonds is 18. The summed E-state index contributed by atoms with van der Waals surface area (Å²) in [6.07, 6.45) is 11.2. The molecule has 1 amide bonds. The van der Waals surface area contributed by atoms with Gasteiger partial charge in [0.05, 0.1) is 23.5 Å². The van der Waals surface area contributed by atoms with Gasteiger partial charge in [-0.05, 0) is 78.3 Å². The molecule has 0 aliphatic carbocycles. The van der Waals surface area contributed by atoms with E-state index in [9.17, 15) is 14.4 Å². The second-order valence-corrected chi connectivity index (χ2v) is 15.9. The van der Waals surface area contributed by atoms with Crippen LogP contribution in [0.2, 0.25) is 0 Å². The number of nitrogens with zero attached hydrogens (tertiary/aromatic N) is 3. The number of aryl methyl sites for hydroxylation is 1. The maximum atomic E-state index is 14.3. The van der Waals surface area contributed by atoms with Gasteiger partial charge >= 0.3 is 5.97 Å². The van der Waals surface area contributed by atoms with Gasteiger partial charge in [-0.2, -0.15) is 0 Å². The molecule has 0 N–H and O–H groups in total. The molecule has 2 heterocycles. The van der Waals surface area contributed by atoms with Crippen LogP contribution in [0.15, 0.2) is 127 Å². The number of ether oxygens (including phenoxy) is 1. The molecule has 1 atom stereocenters. The SMILES string of the molecule is CCCC1(CCCCCCCn2c(C(=O)/C=C\C(C)(C)C)cc3ccccc32)C(=O)N(Cc2cccc(C(=O)OCc3ccccc3)c2)N1c1ccccc1. The molecule has 0 bridgehead atoms. The van der Waals surface area contributed by atoms with Crippen molar-refractivity contribution in [3.63, 3.8) is 0 Å². The largest absolute Gasteiger partial charge is 0.457 e. The number of hydrogen-bond donors (Lipinski definition) is 0. The highest BCUT2D eigenvalue weighted by molar-refractivity contribution is 6.06. The van der Waals surface area contributed by atoms with Crippen molar-refractivity contribution < 1.29 is 19.1 Å². The fourth-order valence-electron chi connectivity index (χ4n) is 7.73. The summed E-state index contributed by atoms with van der Waals surface area (Å²) in [6, 6.07) is 37.5. The van der Waals surface area contributed by atoms with Crippen LogP contribution in [0.3, 0.4) is 0 Å². The number of para-hydroxylation sites is 2. The van der Waals surface area contributed by atoms with Crippen LogP contribution in [-0.4, -0.2) is 32.8 Å². The number of hydrogen-bond acceptors (Lipinski definition) is 5. The molecule has 5 aromatic rings. The molecule has 7 heteroatoms. The van der Waals surface area contributed by atoms with Crippen molar-refractivity contribution in [1.29, 1.82) is 0 Å². The van der Waals surface area contributed by atoms with Gasteiger partial charge in [0.2, 0.25) is 5.78 Å². The summed E-state index contributed by atoms with van der Waals surface area (Å²) in [5.74, 6) is -0.208. The van der Waals surface area contributed by atoms with Crippen molar-refractivity contribution in [1.82, 2.24) is 9.58 Å². The molecular formula is C48H55N3O4. The second-order valence-electron chi connectivity index (χ2n) is 15.9. The van der Waals surface area contributed by atoms with Crippen LogP contribution in [0.5, 0.6) is 0 Å². The van der Waals surface area contributed by atoms with Gasteiger partial charge in [0.25, 0.3) is 5.91 Å². The maximum Gasteiger partial charge on any atom is 0.338 e. The molecule has 0 spiro atoms. The number of benzene rings is 4.